The molecule has 1 unspecified atom stereocenters. The number of hydrogen-bond acceptors (Lipinski definition) is 1. The first kappa shape index (κ1) is 15.5. The lowest BCUT2D eigenvalue weighted by atomic mass is 10.1. The fourth-order valence-electron chi connectivity index (χ4n) is 1.61. The van der Waals surface area contributed by atoms with Gasteiger partial charge in [-0.1, -0.05) is 46.6 Å². The molecule has 1 amide bonds. The van der Waals surface area contributed by atoms with Crippen LogP contribution in [0.15, 0.2) is 24.3 Å². The molecule has 0 fully saturated rings. The zero-order valence-corrected chi connectivity index (χ0v) is 12.9. The van der Waals surface area contributed by atoms with E-state index in [4.69, 9.17) is 11.6 Å². The Morgan fingerprint density at radius 3 is 2.67 bits per heavy atom. The largest absolute Gasteiger partial charge is 0.356 e. The van der Waals surface area contributed by atoms with Crippen LogP contribution in [0.1, 0.15) is 25.3 Å². The van der Waals surface area contributed by atoms with Gasteiger partial charge in [-0.2, -0.15) is 0 Å². The van der Waals surface area contributed by atoms with Gasteiger partial charge in [0.15, 0.2) is 0 Å². The molecule has 0 aromatic heterocycles. The number of alkyl halides is 1. The Labute approximate surface area is 122 Å². The molecular formula is C14H19BrClNO. The van der Waals surface area contributed by atoms with E-state index in [0.717, 1.165) is 30.3 Å². The Kier molecular flexibility index (Phi) is 7.36. The van der Waals surface area contributed by atoms with E-state index in [-0.39, 0.29) is 5.91 Å². The third-order valence-electron chi connectivity index (χ3n) is 2.74. The molecule has 0 aliphatic rings. The van der Waals surface area contributed by atoms with Crippen molar-refractivity contribution >= 4 is 33.4 Å². The van der Waals surface area contributed by atoms with Crippen LogP contribution in [0.25, 0.3) is 0 Å². The van der Waals surface area contributed by atoms with E-state index >= 15 is 0 Å². The van der Waals surface area contributed by atoms with Crippen LogP contribution in [0.3, 0.4) is 0 Å². The fraction of sp³-hybridized carbons (Fsp3) is 0.500. The molecule has 0 spiro atoms. The summed E-state index contributed by atoms with van der Waals surface area (Å²) in [6.07, 6.45) is 2.58. The lowest BCUT2D eigenvalue weighted by molar-refractivity contribution is -0.120. The number of hydrogen-bond donors (Lipinski definition) is 1. The van der Waals surface area contributed by atoms with Crippen LogP contribution in [-0.2, 0) is 11.2 Å². The Bertz CT molecular complexity index is 367. The van der Waals surface area contributed by atoms with E-state index in [1.54, 1.807) is 0 Å². The Morgan fingerprint density at radius 1 is 1.39 bits per heavy atom. The maximum atomic E-state index is 11.7. The summed E-state index contributed by atoms with van der Waals surface area (Å²) < 4.78 is 0. The Hall–Kier alpha value is -0.540. The zero-order chi connectivity index (χ0) is 13.4. The molecule has 0 saturated carbocycles. The second-order valence-corrected chi connectivity index (χ2v) is 5.64. The van der Waals surface area contributed by atoms with Crippen molar-refractivity contribution in [1.29, 1.82) is 0 Å². The third-order valence-corrected chi connectivity index (χ3v) is 4.09. The lowest BCUT2D eigenvalue weighted by Gasteiger charge is -2.08. The van der Waals surface area contributed by atoms with Gasteiger partial charge >= 0.3 is 0 Å². The summed E-state index contributed by atoms with van der Waals surface area (Å²) in [7, 11) is 0. The quantitative estimate of drug-likeness (QED) is 0.597. The summed E-state index contributed by atoms with van der Waals surface area (Å²) in [4.78, 5) is 11.7. The summed E-state index contributed by atoms with van der Waals surface area (Å²) in [6, 6.07) is 7.38. The monoisotopic (exact) mass is 331 g/mol. The van der Waals surface area contributed by atoms with E-state index < -0.39 is 0 Å². The smallest absolute Gasteiger partial charge is 0.224 e. The first-order valence-corrected chi connectivity index (χ1v) is 7.69. The van der Waals surface area contributed by atoms with Gasteiger partial charge in [0.25, 0.3) is 0 Å². The van der Waals surface area contributed by atoms with Gasteiger partial charge in [0, 0.05) is 16.9 Å². The van der Waals surface area contributed by atoms with E-state index in [2.05, 4.69) is 28.2 Å². The minimum atomic E-state index is 0.0730. The SMILES string of the molecule is CC(CBr)CCCNC(=O)Cc1ccc(Cl)cc1. The van der Waals surface area contributed by atoms with Gasteiger partial charge in [-0.05, 0) is 36.5 Å². The highest BCUT2D eigenvalue weighted by Gasteiger charge is 2.04. The van der Waals surface area contributed by atoms with Crippen molar-refractivity contribution in [3.8, 4) is 0 Å². The average Bonchev–Trinajstić information content (AvgIpc) is 2.37. The third kappa shape index (κ3) is 6.41. The van der Waals surface area contributed by atoms with Crippen LogP contribution in [0.4, 0.5) is 0 Å². The summed E-state index contributed by atoms with van der Waals surface area (Å²) in [6.45, 7) is 2.95. The molecule has 0 bridgehead atoms. The minimum Gasteiger partial charge on any atom is -0.356 e. The molecule has 0 aliphatic heterocycles. The van der Waals surface area contributed by atoms with E-state index in [0.29, 0.717) is 17.4 Å². The molecule has 1 aromatic rings. The Balaban J connectivity index is 2.19. The summed E-state index contributed by atoms with van der Waals surface area (Å²) in [5.41, 5.74) is 0.991. The molecule has 0 radical (unpaired) electrons. The van der Waals surface area contributed by atoms with Gasteiger partial charge in [-0.15, -0.1) is 0 Å². The molecule has 2 nitrogen and oxygen atoms in total. The van der Waals surface area contributed by atoms with Gasteiger partial charge in [0.2, 0.25) is 5.91 Å². The van der Waals surface area contributed by atoms with Crippen LogP contribution in [0, 0.1) is 5.92 Å². The number of carbonyl (C=O) groups excluding carboxylic acids is 1. The van der Waals surface area contributed by atoms with Crippen LogP contribution in [0.5, 0.6) is 0 Å². The molecule has 1 atom stereocenters. The molecular weight excluding hydrogens is 314 g/mol. The molecule has 18 heavy (non-hydrogen) atoms. The van der Waals surface area contributed by atoms with Gasteiger partial charge < -0.3 is 5.32 Å². The van der Waals surface area contributed by atoms with Gasteiger partial charge in [0.05, 0.1) is 6.42 Å². The van der Waals surface area contributed by atoms with Crippen molar-refractivity contribution in [2.45, 2.75) is 26.2 Å². The number of nitrogens with one attached hydrogen (secondary N) is 1. The molecule has 1 aromatic carbocycles. The standard InChI is InChI=1S/C14H19BrClNO/c1-11(10-15)3-2-8-17-14(18)9-12-4-6-13(16)7-5-12/h4-7,11H,2-3,8-10H2,1H3,(H,17,18). The van der Waals surface area contributed by atoms with Gasteiger partial charge in [-0.3, -0.25) is 4.79 Å². The number of benzene rings is 1. The van der Waals surface area contributed by atoms with Crippen molar-refractivity contribution in [3.63, 3.8) is 0 Å². The van der Waals surface area contributed by atoms with Crippen molar-refractivity contribution in [1.82, 2.24) is 5.32 Å². The van der Waals surface area contributed by atoms with Crippen molar-refractivity contribution in [2.24, 2.45) is 5.92 Å². The number of carbonyl (C=O) groups is 1. The summed E-state index contributed by atoms with van der Waals surface area (Å²) in [5, 5.41) is 4.65. The molecule has 0 heterocycles. The second-order valence-electron chi connectivity index (χ2n) is 4.55. The first-order chi connectivity index (χ1) is 8.61. The number of amides is 1. The predicted molar refractivity (Wildman–Crippen MR) is 80.4 cm³/mol. The number of rotatable bonds is 7. The highest BCUT2D eigenvalue weighted by atomic mass is 79.9. The number of halogens is 2. The van der Waals surface area contributed by atoms with Crippen LogP contribution in [-0.4, -0.2) is 17.8 Å². The maximum absolute atomic E-state index is 11.7. The molecule has 100 valence electrons. The lowest BCUT2D eigenvalue weighted by Crippen LogP contribution is -2.26. The van der Waals surface area contributed by atoms with Crippen LogP contribution >= 0.6 is 27.5 Å². The molecule has 1 N–H and O–H groups in total. The van der Waals surface area contributed by atoms with E-state index in [1.165, 1.54) is 0 Å². The average molecular weight is 333 g/mol. The van der Waals surface area contributed by atoms with Crippen LogP contribution in [0.2, 0.25) is 5.02 Å². The molecule has 1 rings (SSSR count). The highest BCUT2D eigenvalue weighted by Crippen LogP contribution is 2.10. The molecule has 0 aliphatic carbocycles. The first-order valence-electron chi connectivity index (χ1n) is 6.19. The van der Waals surface area contributed by atoms with Crippen molar-refractivity contribution in [3.05, 3.63) is 34.9 Å². The Morgan fingerprint density at radius 2 is 2.06 bits per heavy atom. The van der Waals surface area contributed by atoms with Crippen molar-refractivity contribution < 1.29 is 4.79 Å². The highest BCUT2D eigenvalue weighted by molar-refractivity contribution is 9.09. The van der Waals surface area contributed by atoms with E-state index in [9.17, 15) is 4.79 Å². The molecule has 0 saturated heterocycles. The van der Waals surface area contributed by atoms with Crippen LogP contribution < -0.4 is 5.32 Å². The van der Waals surface area contributed by atoms with Gasteiger partial charge in [-0.25, -0.2) is 0 Å². The maximum Gasteiger partial charge on any atom is 0.224 e. The topological polar surface area (TPSA) is 29.1 Å². The molecule has 4 heteroatoms. The zero-order valence-electron chi connectivity index (χ0n) is 10.6. The van der Waals surface area contributed by atoms with E-state index in [1.807, 2.05) is 24.3 Å². The predicted octanol–water partition coefficient (Wildman–Crippen LogP) is 3.81. The minimum absolute atomic E-state index is 0.0730. The summed E-state index contributed by atoms with van der Waals surface area (Å²) in [5.74, 6) is 0.738. The van der Waals surface area contributed by atoms with Gasteiger partial charge in [0.1, 0.15) is 0 Å². The van der Waals surface area contributed by atoms with Crippen molar-refractivity contribution in [2.75, 3.05) is 11.9 Å². The normalized spacial score (nSPS) is 12.2. The second kappa shape index (κ2) is 8.54. The fourth-order valence-corrected chi connectivity index (χ4v) is 2.06. The summed E-state index contributed by atoms with van der Waals surface area (Å²) >= 11 is 9.24.